The van der Waals surface area contributed by atoms with E-state index < -0.39 is 0 Å². The van der Waals surface area contributed by atoms with Gasteiger partial charge in [0.15, 0.2) is 0 Å². The minimum Gasteiger partial charge on any atom is -0.379 e. The van der Waals surface area contributed by atoms with E-state index >= 15 is 0 Å². The van der Waals surface area contributed by atoms with Gasteiger partial charge in [0.2, 0.25) is 0 Å². The summed E-state index contributed by atoms with van der Waals surface area (Å²) in [6, 6.07) is 11.3. The Labute approximate surface area is 110 Å². The van der Waals surface area contributed by atoms with Crippen LogP contribution in [0.25, 0.3) is 0 Å². The van der Waals surface area contributed by atoms with E-state index in [4.69, 9.17) is 10.5 Å². The number of ether oxygens (including phenoxy) is 1. The van der Waals surface area contributed by atoms with Crippen molar-refractivity contribution in [3.05, 3.63) is 35.9 Å². The fourth-order valence-electron chi connectivity index (χ4n) is 2.38. The Hall–Kier alpha value is -0.900. The number of nitrogens with two attached hydrogens (primary N) is 1. The van der Waals surface area contributed by atoms with E-state index in [9.17, 15) is 0 Å². The highest BCUT2D eigenvalue weighted by molar-refractivity contribution is 5.14. The molecule has 0 saturated carbocycles. The van der Waals surface area contributed by atoms with Gasteiger partial charge in [-0.1, -0.05) is 30.3 Å². The molecule has 0 radical (unpaired) electrons. The van der Waals surface area contributed by atoms with Gasteiger partial charge in [-0.2, -0.15) is 0 Å². The average molecular weight is 248 g/mol. The Morgan fingerprint density at radius 3 is 2.56 bits per heavy atom. The zero-order valence-electron chi connectivity index (χ0n) is 11.4. The lowest BCUT2D eigenvalue weighted by Crippen LogP contribution is -2.41. The van der Waals surface area contributed by atoms with Crippen LogP contribution in [-0.4, -0.2) is 36.7 Å². The predicted octanol–water partition coefficient (Wildman–Crippen LogP) is 1.87. The molecule has 1 heterocycles. The van der Waals surface area contributed by atoms with Crippen LogP contribution in [0.3, 0.4) is 0 Å². The Morgan fingerprint density at radius 1 is 1.28 bits per heavy atom. The van der Waals surface area contributed by atoms with E-state index in [2.05, 4.69) is 49.1 Å². The second-order valence-corrected chi connectivity index (χ2v) is 5.47. The van der Waals surface area contributed by atoms with E-state index in [1.807, 2.05) is 0 Å². The van der Waals surface area contributed by atoms with Crippen LogP contribution >= 0.6 is 0 Å². The maximum atomic E-state index is 6.07. The van der Waals surface area contributed by atoms with Crippen molar-refractivity contribution in [1.82, 2.24) is 4.90 Å². The van der Waals surface area contributed by atoms with Crippen LogP contribution in [0.15, 0.2) is 30.3 Å². The van der Waals surface area contributed by atoms with Gasteiger partial charge in [-0.05, 0) is 19.4 Å². The van der Waals surface area contributed by atoms with Gasteiger partial charge >= 0.3 is 0 Å². The lowest BCUT2D eigenvalue weighted by Gasteiger charge is -2.30. The molecule has 1 saturated heterocycles. The maximum Gasteiger partial charge on any atom is 0.0621 e. The predicted molar refractivity (Wildman–Crippen MR) is 74.3 cm³/mol. The van der Waals surface area contributed by atoms with Crippen molar-refractivity contribution >= 4 is 0 Å². The highest BCUT2D eigenvalue weighted by atomic mass is 16.5. The molecule has 0 spiro atoms. The molecule has 2 rings (SSSR count). The molecule has 0 amide bonds. The Morgan fingerprint density at radius 2 is 2.00 bits per heavy atom. The lowest BCUT2D eigenvalue weighted by molar-refractivity contribution is 0.148. The third kappa shape index (κ3) is 3.55. The first-order valence-electron chi connectivity index (χ1n) is 6.78. The molecule has 1 aliphatic heterocycles. The van der Waals surface area contributed by atoms with Crippen LogP contribution < -0.4 is 5.73 Å². The summed E-state index contributed by atoms with van der Waals surface area (Å²) in [6.07, 6.45) is 0. The highest BCUT2D eigenvalue weighted by Gasteiger charge is 2.27. The molecular weight excluding hydrogens is 224 g/mol. The molecule has 100 valence electrons. The first-order chi connectivity index (χ1) is 8.66. The van der Waals surface area contributed by atoms with E-state index in [0.717, 1.165) is 19.7 Å². The lowest BCUT2D eigenvalue weighted by atomic mass is 10.0. The second kappa shape index (κ2) is 6.32. The van der Waals surface area contributed by atoms with Gasteiger partial charge in [0.25, 0.3) is 0 Å². The minimum absolute atomic E-state index is 0.196. The summed E-state index contributed by atoms with van der Waals surface area (Å²) in [5, 5.41) is 0. The summed E-state index contributed by atoms with van der Waals surface area (Å²) in [4.78, 5) is 2.48. The molecule has 3 nitrogen and oxygen atoms in total. The van der Waals surface area contributed by atoms with Crippen LogP contribution in [-0.2, 0) is 11.3 Å². The molecule has 0 bridgehead atoms. The van der Waals surface area contributed by atoms with Crippen molar-refractivity contribution in [1.29, 1.82) is 0 Å². The molecule has 2 unspecified atom stereocenters. The summed E-state index contributed by atoms with van der Waals surface area (Å²) in [7, 11) is 0. The molecule has 1 aromatic rings. The zero-order valence-corrected chi connectivity index (χ0v) is 11.4. The molecule has 1 fully saturated rings. The number of nitrogens with zero attached hydrogens (tertiary/aromatic N) is 1. The molecule has 2 atom stereocenters. The van der Waals surface area contributed by atoms with Gasteiger partial charge < -0.3 is 10.5 Å². The van der Waals surface area contributed by atoms with Gasteiger partial charge in [0.1, 0.15) is 0 Å². The molecule has 1 aromatic carbocycles. The van der Waals surface area contributed by atoms with Crippen molar-refractivity contribution in [2.45, 2.75) is 32.5 Å². The zero-order chi connectivity index (χ0) is 13.0. The minimum atomic E-state index is 0.196. The quantitative estimate of drug-likeness (QED) is 0.864. The van der Waals surface area contributed by atoms with Gasteiger partial charge in [-0.3, -0.25) is 4.90 Å². The van der Waals surface area contributed by atoms with Gasteiger partial charge in [-0.25, -0.2) is 0 Å². The summed E-state index contributed by atoms with van der Waals surface area (Å²) < 4.78 is 5.45. The van der Waals surface area contributed by atoms with Crippen molar-refractivity contribution in [3.8, 4) is 0 Å². The second-order valence-electron chi connectivity index (χ2n) is 5.47. The number of hydrogen-bond donors (Lipinski definition) is 1. The van der Waals surface area contributed by atoms with Crippen LogP contribution in [0.4, 0.5) is 0 Å². The van der Waals surface area contributed by atoms with Gasteiger partial charge in [-0.15, -0.1) is 0 Å². The number of hydrogen-bond acceptors (Lipinski definition) is 3. The van der Waals surface area contributed by atoms with Crippen LogP contribution in [0.5, 0.6) is 0 Å². The molecule has 18 heavy (non-hydrogen) atoms. The summed E-state index contributed by atoms with van der Waals surface area (Å²) in [5.74, 6) is 0.469. The van der Waals surface area contributed by atoms with E-state index in [0.29, 0.717) is 18.6 Å². The third-order valence-electron chi connectivity index (χ3n) is 3.68. The monoisotopic (exact) mass is 248 g/mol. The molecule has 2 N–H and O–H groups in total. The summed E-state index contributed by atoms with van der Waals surface area (Å²) >= 11 is 0. The topological polar surface area (TPSA) is 38.5 Å². The fourth-order valence-corrected chi connectivity index (χ4v) is 2.38. The largest absolute Gasteiger partial charge is 0.379 e. The SMILES string of the molecule is CC(C)N(Cc1ccccc1)CC1COCC1N. The van der Waals surface area contributed by atoms with Crippen LogP contribution in [0, 0.1) is 5.92 Å². The van der Waals surface area contributed by atoms with Gasteiger partial charge in [0.05, 0.1) is 13.2 Å². The first-order valence-corrected chi connectivity index (χ1v) is 6.78. The Balaban J connectivity index is 1.96. The van der Waals surface area contributed by atoms with Crippen molar-refractivity contribution in [2.75, 3.05) is 19.8 Å². The molecule has 1 aliphatic rings. The third-order valence-corrected chi connectivity index (χ3v) is 3.68. The molecule has 3 heteroatoms. The van der Waals surface area contributed by atoms with E-state index in [1.165, 1.54) is 5.56 Å². The maximum absolute atomic E-state index is 6.07. The number of rotatable bonds is 5. The van der Waals surface area contributed by atoms with Crippen LogP contribution in [0.1, 0.15) is 19.4 Å². The van der Waals surface area contributed by atoms with Gasteiger partial charge in [0, 0.05) is 31.1 Å². The molecule has 0 aliphatic carbocycles. The van der Waals surface area contributed by atoms with Crippen LogP contribution in [0.2, 0.25) is 0 Å². The first kappa shape index (κ1) is 13.5. The summed E-state index contributed by atoms with van der Waals surface area (Å²) in [6.45, 7) is 8.01. The Bertz CT molecular complexity index is 353. The van der Waals surface area contributed by atoms with Crippen molar-refractivity contribution in [3.63, 3.8) is 0 Å². The van der Waals surface area contributed by atoms with Crippen molar-refractivity contribution in [2.24, 2.45) is 11.7 Å². The molecular formula is C15H24N2O. The normalized spacial score (nSPS) is 24.1. The average Bonchev–Trinajstić information content (AvgIpc) is 2.75. The van der Waals surface area contributed by atoms with E-state index in [-0.39, 0.29) is 6.04 Å². The smallest absolute Gasteiger partial charge is 0.0621 e. The fraction of sp³-hybridized carbons (Fsp3) is 0.600. The number of benzene rings is 1. The van der Waals surface area contributed by atoms with Crippen molar-refractivity contribution < 1.29 is 4.74 Å². The summed E-state index contributed by atoms with van der Waals surface area (Å²) in [5.41, 5.74) is 7.43. The Kier molecular flexibility index (Phi) is 4.75. The molecule has 0 aromatic heterocycles. The van der Waals surface area contributed by atoms with E-state index in [1.54, 1.807) is 0 Å². The highest BCUT2D eigenvalue weighted by Crippen LogP contribution is 2.17. The standard InChI is InChI=1S/C15H24N2O/c1-12(2)17(8-13-6-4-3-5-7-13)9-14-10-18-11-15(14)16/h3-7,12,14-15H,8-11,16H2,1-2H3.